The third-order valence-electron chi connectivity index (χ3n) is 4.77. The smallest absolute Gasteiger partial charge is 0.271 e. The normalized spacial score (nSPS) is 12.7. The van der Waals surface area contributed by atoms with Crippen LogP contribution in [-0.2, 0) is 11.3 Å². The van der Waals surface area contributed by atoms with Gasteiger partial charge >= 0.3 is 0 Å². The molecule has 9 heteroatoms. The van der Waals surface area contributed by atoms with E-state index in [1.807, 2.05) is 24.3 Å². The van der Waals surface area contributed by atoms with Gasteiger partial charge in [-0.05, 0) is 51.8 Å². The van der Waals surface area contributed by atoms with Crippen LogP contribution < -0.4 is 15.0 Å². The molecule has 0 radical (unpaired) electrons. The summed E-state index contributed by atoms with van der Waals surface area (Å²) in [5, 5.41) is 13.6. The van der Waals surface area contributed by atoms with Gasteiger partial charge in [0, 0.05) is 22.2 Å². The maximum atomic E-state index is 12.6. The first-order valence-corrected chi connectivity index (χ1v) is 10.1. The van der Waals surface area contributed by atoms with Crippen molar-refractivity contribution in [3.8, 4) is 5.75 Å². The Morgan fingerprint density at radius 1 is 1.13 bits per heavy atom. The molecule has 0 saturated heterocycles. The molecule has 0 bridgehead atoms. The van der Waals surface area contributed by atoms with E-state index in [-0.39, 0.29) is 18.2 Å². The minimum atomic E-state index is -0.526. The molecule has 156 valence electrons. The third-order valence-corrected chi connectivity index (χ3v) is 5.47. The highest BCUT2D eigenvalue weighted by Gasteiger charge is 2.25. The van der Waals surface area contributed by atoms with Gasteiger partial charge < -0.3 is 15.0 Å². The molecule has 0 atom stereocenters. The molecule has 0 aromatic heterocycles. The second-order valence-corrected chi connectivity index (χ2v) is 7.66. The predicted octanol–water partition coefficient (Wildman–Crippen LogP) is 4.54. The number of ether oxygens (including phenoxy) is 1. The van der Waals surface area contributed by atoms with Gasteiger partial charge in [-0.1, -0.05) is 24.3 Å². The average Bonchev–Trinajstić information content (AvgIpc) is 2.77. The number of nitrogens with zero attached hydrogens (tertiary/aromatic N) is 2. The largest absolute Gasteiger partial charge is 0.482 e. The van der Waals surface area contributed by atoms with E-state index in [4.69, 9.17) is 4.74 Å². The molecule has 1 heterocycles. The van der Waals surface area contributed by atoms with Crippen LogP contribution in [0.2, 0.25) is 0 Å². The first-order valence-electron chi connectivity index (χ1n) is 9.29. The Hall–Kier alpha value is -3.72. The Balaban J connectivity index is 1.49. The van der Waals surface area contributed by atoms with Crippen LogP contribution in [0.1, 0.15) is 15.9 Å². The molecule has 3 aromatic carbocycles. The highest BCUT2D eigenvalue weighted by atomic mass is 79.9. The van der Waals surface area contributed by atoms with Gasteiger partial charge in [-0.25, -0.2) is 0 Å². The van der Waals surface area contributed by atoms with Crippen molar-refractivity contribution in [1.29, 1.82) is 0 Å². The minimum absolute atomic E-state index is 0.0183. The van der Waals surface area contributed by atoms with Crippen LogP contribution in [0.15, 0.2) is 71.2 Å². The standard InChI is InChI=1S/C22H16BrN3O5/c23-17-10-9-16(26(29)30)11-18(17)24-22(28)15-7-5-14(6-8-15)12-25-19-3-1-2-4-20(19)31-13-21(25)27/h1-11H,12-13H2,(H,24,28). The summed E-state index contributed by atoms with van der Waals surface area (Å²) < 4.78 is 5.99. The minimum Gasteiger partial charge on any atom is -0.482 e. The highest BCUT2D eigenvalue weighted by Crippen LogP contribution is 2.32. The van der Waals surface area contributed by atoms with Gasteiger partial charge in [0.15, 0.2) is 6.61 Å². The fraction of sp³-hybridized carbons (Fsp3) is 0.0909. The third kappa shape index (κ3) is 4.41. The fourth-order valence-corrected chi connectivity index (χ4v) is 3.53. The molecule has 3 aromatic rings. The highest BCUT2D eigenvalue weighted by molar-refractivity contribution is 9.10. The second-order valence-electron chi connectivity index (χ2n) is 6.81. The molecule has 0 saturated carbocycles. The number of rotatable bonds is 5. The monoisotopic (exact) mass is 481 g/mol. The number of benzene rings is 3. The van der Waals surface area contributed by atoms with Crippen LogP contribution in [0.4, 0.5) is 17.1 Å². The number of para-hydroxylation sites is 2. The molecule has 0 fully saturated rings. The number of nitro benzene ring substituents is 1. The zero-order valence-corrected chi connectivity index (χ0v) is 17.7. The lowest BCUT2D eigenvalue weighted by molar-refractivity contribution is -0.384. The van der Waals surface area contributed by atoms with Gasteiger partial charge in [-0.3, -0.25) is 19.7 Å². The van der Waals surface area contributed by atoms with E-state index in [1.165, 1.54) is 18.2 Å². The van der Waals surface area contributed by atoms with E-state index in [0.29, 0.717) is 33.7 Å². The van der Waals surface area contributed by atoms with E-state index in [2.05, 4.69) is 21.2 Å². The summed E-state index contributed by atoms with van der Waals surface area (Å²) in [6, 6.07) is 18.3. The van der Waals surface area contributed by atoms with Crippen molar-refractivity contribution in [2.45, 2.75) is 6.54 Å². The zero-order chi connectivity index (χ0) is 22.0. The number of hydrogen-bond acceptors (Lipinski definition) is 5. The molecule has 1 aliphatic heterocycles. The molecular formula is C22H16BrN3O5. The first-order chi connectivity index (χ1) is 14.9. The van der Waals surface area contributed by atoms with Gasteiger partial charge in [0.25, 0.3) is 17.5 Å². The maximum Gasteiger partial charge on any atom is 0.271 e. The van der Waals surface area contributed by atoms with Gasteiger partial charge in [-0.15, -0.1) is 0 Å². The Kier molecular flexibility index (Phi) is 5.68. The molecule has 2 amide bonds. The quantitative estimate of drug-likeness (QED) is 0.425. The van der Waals surface area contributed by atoms with Crippen LogP contribution in [0.25, 0.3) is 0 Å². The van der Waals surface area contributed by atoms with E-state index < -0.39 is 10.8 Å². The number of carbonyl (C=O) groups is 2. The maximum absolute atomic E-state index is 12.6. The zero-order valence-electron chi connectivity index (χ0n) is 16.1. The molecule has 8 nitrogen and oxygen atoms in total. The summed E-state index contributed by atoms with van der Waals surface area (Å²) in [4.78, 5) is 37.0. The Morgan fingerprint density at radius 3 is 2.61 bits per heavy atom. The number of nitro groups is 1. The summed E-state index contributed by atoms with van der Waals surface area (Å²) in [7, 11) is 0. The predicted molar refractivity (Wildman–Crippen MR) is 118 cm³/mol. The number of anilines is 2. The van der Waals surface area contributed by atoms with Crippen LogP contribution in [0, 0.1) is 10.1 Å². The molecule has 1 aliphatic rings. The average molecular weight is 482 g/mol. The number of amides is 2. The molecule has 0 aliphatic carbocycles. The summed E-state index contributed by atoms with van der Waals surface area (Å²) >= 11 is 3.28. The SMILES string of the molecule is O=C(Nc1cc([N+](=O)[O-])ccc1Br)c1ccc(CN2C(=O)COc3ccccc32)cc1. The van der Waals surface area contributed by atoms with Gasteiger partial charge in [0.1, 0.15) is 5.75 Å². The molecule has 4 rings (SSSR count). The van der Waals surface area contributed by atoms with E-state index in [0.717, 1.165) is 5.56 Å². The van der Waals surface area contributed by atoms with E-state index >= 15 is 0 Å². The van der Waals surface area contributed by atoms with Crippen molar-refractivity contribution in [2.24, 2.45) is 0 Å². The Bertz CT molecular complexity index is 1180. The summed E-state index contributed by atoms with van der Waals surface area (Å²) in [5.41, 5.74) is 2.12. The van der Waals surface area contributed by atoms with E-state index in [1.54, 1.807) is 29.2 Å². The van der Waals surface area contributed by atoms with E-state index in [9.17, 15) is 19.7 Å². The number of carbonyl (C=O) groups excluding carboxylic acids is 2. The number of nitrogens with one attached hydrogen (secondary N) is 1. The topological polar surface area (TPSA) is 102 Å². The van der Waals surface area contributed by atoms with Gasteiger partial charge in [0.05, 0.1) is 22.8 Å². The van der Waals surface area contributed by atoms with Gasteiger partial charge in [-0.2, -0.15) is 0 Å². The fourth-order valence-electron chi connectivity index (χ4n) is 3.19. The Labute approximate surface area is 185 Å². The Morgan fingerprint density at radius 2 is 1.87 bits per heavy atom. The number of halogens is 1. The molecule has 1 N–H and O–H groups in total. The van der Waals surface area contributed by atoms with Crippen molar-refractivity contribution in [3.05, 3.63) is 92.4 Å². The van der Waals surface area contributed by atoms with Crippen molar-refractivity contribution < 1.29 is 19.2 Å². The summed E-state index contributed by atoms with van der Waals surface area (Å²) in [5.74, 6) is 0.109. The molecule has 31 heavy (non-hydrogen) atoms. The van der Waals surface area contributed by atoms with Gasteiger partial charge in [0.2, 0.25) is 0 Å². The first kappa shape index (κ1) is 20.5. The van der Waals surface area contributed by atoms with Crippen molar-refractivity contribution in [3.63, 3.8) is 0 Å². The van der Waals surface area contributed by atoms with Crippen LogP contribution in [0.5, 0.6) is 5.75 Å². The van der Waals surface area contributed by atoms with Crippen molar-refractivity contribution in [2.75, 3.05) is 16.8 Å². The lowest BCUT2D eigenvalue weighted by atomic mass is 10.1. The van der Waals surface area contributed by atoms with Crippen LogP contribution in [-0.4, -0.2) is 23.3 Å². The summed E-state index contributed by atoms with van der Waals surface area (Å²) in [6.45, 7) is 0.327. The number of hydrogen-bond donors (Lipinski definition) is 1. The number of fused-ring (bicyclic) bond motifs is 1. The lowest BCUT2D eigenvalue weighted by Gasteiger charge is -2.29. The lowest BCUT2D eigenvalue weighted by Crippen LogP contribution is -2.38. The van der Waals surface area contributed by atoms with Crippen LogP contribution >= 0.6 is 15.9 Å². The summed E-state index contributed by atoms with van der Waals surface area (Å²) in [6.07, 6.45) is 0. The second kappa shape index (κ2) is 8.57. The molecule has 0 spiro atoms. The molecule has 0 unspecified atom stereocenters. The van der Waals surface area contributed by atoms with Crippen LogP contribution in [0.3, 0.4) is 0 Å². The molecular weight excluding hydrogens is 466 g/mol. The van der Waals surface area contributed by atoms with Crippen molar-refractivity contribution >= 4 is 44.8 Å². The van der Waals surface area contributed by atoms with Crippen molar-refractivity contribution in [1.82, 2.24) is 0 Å². The number of non-ortho nitro benzene ring substituents is 1.